The van der Waals surface area contributed by atoms with Gasteiger partial charge in [-0.3, -0.25) is 9.78 Å². The van der Waals surface area contributed by atoms with Gasteiger partial charge in [-0.05, 0) is 18.6 Å². The van der Waals surface area contributed by atoms with Crippen molar-refractivity contribution in [1.82, 2.24) is 15.3 Å². The van der Waals surface area contributed by atoms with Crippen molar-refractivity contribution < 1.29 is 0 Å². The molecule has 5 heteroatoms. The van der Waals surface area contributed by atoms with Crippen molar-refractivity contribution in [1.29, 1.82) is 0 Å². The molecule has 16 heavy (non-hydrogen) atoms. The molecule has 84 valence electrons. The van der Waals surface area contributed by atoms with Crippen LogP contribution >= 0.6 is 11.3 Å². The van der Waals surface area contributed by atoms with Crippen LogP contribution in [0.25, 0.3) is 0 Å². The van der Waals surface area contributed by atoms with Crippen LogP contribution in [0.4, 0.5) is 0 Å². The van der Waals surface area contributed by atoms with Crippen LogP contribution in [0, 0.1) is 0 Å². The molecule has 0 fully saturated rings. The first-order valence-electron chi connectivity index (χ1n) is 5.05. The van der Waals surface area contributed by atoms with E-state index in [9.17, 15) is 4.79 Å². The molecule has 0 aliphatic heterocycles. The van der Waals surface area contributed by atoms with Gasteiger partial charge in [0, 0.05) is 36.1 Å². The number of aromatic amines is 1. The summed E-state index contributed by atoms with van der Waals surface area (Å²) in [4.78, 5) is 17.8. The summed E-state index contributed by atoms with van der Waals surface area (Å²) in [7, 11) is 0. The number of nitrogens with one attached hydrogen (secondary N) is 2. The molecule has 2 N–H and O–H groups in total. The second-order valence-corrected chi connectivity index (χ2v) is 4.40. The molecule has 2 aromatic rings. The molecule has 2 rings (SSSR count). The molecule has 0 saturated carbocycles. The Labute approximate surface area is 97.4 Å². The Balaban J connectivity index is 1.94. The van der Waals surface area contributed by atoms with Gasteiger partial charge in [-0.15, -0.1) is 0 Å². The number of rotatable bonds is 4. The second-order valence-electron chi connectivity index (χ2n) is 3.56. The highest BCUT2D eigenvalue weighted by atomic mass is 32.1. The van der Waals surface area contributed by atoms with Gasteiger partial charge in [0.2, 0.25) is 0 Å². The minimum Gasteiger partial charge on any atom is -0.315 e. The molecule has 2 aromatic heterocycles. The third kappa shape index (κ3) is 2.77. The smallest absolute Gasteiger partial charge is 0.304 e. The third-order valence-corrected chi connectivity index (χ3v) is 3.07. The molecule has 1 atom stereocenters. The van der Waals surface area contributed by atoms with Gasteiger partial charge in [-0.2, -0.15) is 0 Å². The average molecular weight is 235 g/mol. The van der Waals surface area contributed by atoms with Crippen molar-refractivity contribution in [3.05, 3.63) is 50.8 Å². The van der Waals surface area contributed by atoms with Gasteiger partial charge in [0.05, 0.1) is 0 Å². The van der Waals surface area contributed by atoms with E-state index in [1.165, 1.54) is 11.3 Å². The number of H-pyrrole nitrogens is 1. The van der Waals surface area contributed by atoms with E-state index in [-0.39, 0.29) is 10.9 Å². The minimum absolute atomic E-state index is 0.00849. The first-order valence-corrected chi connectivity index (χ1v) is 5.93. The van der Waals surface area contributed by atoms with E-state index in [2.05, 4.69) is 22.2 Å². The molecule has 1 unspecified atom stereocenters. The zero-order valence-corrected chi connectivity index (χ0v) is 9.75. The third-order valence-electron chi connectivity index (χ3n) is 2.35. The Kier molecular flexibility index (Phi) is 3.48. The summed E-state index contributed by atoms with van der Waals surface area (Å²) < 4.78 is 0. The van der Waals surface area contributed by atoms with Crippen LogP contribution in [-0.2, 0) is 6.54 Å². The maximum Gasteiger partial charge on any atom is 0.304 e. The Morgan fingerprint density at radius 2 is 2.50 bits per heavy atom. The van der Waals surface area contributed by atoms with Gasteiger partial charge >= 0.3 is 4.87 Å². The summed E-state index contributed by atoms with van der Waals surface area (Å²) in [5, 5.41) is 5.16. The standard InChI is InChI=1S/C11H13N3OS/c1-8(9-3-2-4-12-5-9)13-6-10-7-16-11(15)14-10/h2-5,7-8,13H,6H2,1H3,(H,14,15). The highest BCUT2D eigenvalue weighted by molar-refractivity contribution is 7.07. The van der Waals surface area contributed by atoms with Gasteiger partial charge in [-0.1, -0.05) is 17.4 Å². The summed E-state index contributed by atoms with van der Waals surface area (Å²) in [6.45, 7) is 2.73. The zero-order valence-electron chi connectivity index (χ0n) is 8.93. The van der Waals surface area contributed by atoms with E-state index < -0.39 is 0 Å². The lowest BCUT2D eigenvalue weighted by Crippen LogP contribution is -2.18. The molecule has 0 bridgehead atoms. The Morgan fingerprint density at radius 3 is 3.12 bits per heavy atom. The van der Waals surface area contributed by atoms with Crippen LogP contribution in [-0.4, -0.2) is 9.97 Å². The number of hydrogen-bond acceptors (Lipinski definition) is 4. The van der Waals surface area contributed by atoms with Gasteiger partial charge in [0.1, 0.15) is 0 Å². The Bertz CT molecular complexity index is 491. The molecule has 0 amide bonds. The largest absolute Gasteiger partial charge is 0.315 e. The van der Waals surface area contributed by atoms with Crippen molar-refractivity contribution in [2.45, 2.75) is 19.5 Å². The molecule has 0 saturated heterocycles. The summed E-state index contributed by atoms with van der Waals surface area (Å²) in [5.74, 6) is 0. The highest BCUT2D eigenvalue weighted by Gasteiger charge is 2.04. The second kappa shape index (κ2) is 5.05. The lowest BCUT2D eigenvalue weighted by Gasteiger charge is -2.12. The van der Waals surface area contributed by atoms with Crippen molar-refractivity contribution in [3.63, 3.8) is 0 Å². The normalized spacial score (nSPS) is 12.6. The van der Waals surface area contributed by atoms with Crippen LogP contribution < -0.4 is 10.2 Å². The lowest BCUT2D eigenvalue weighted by molar-refractivity contribution is 0.567. The molecule has 0 aliphatic rings. The van der Waals surface area contributed by atoms with Gasteiger partial charge in [-0.25, -0.2) is 0 Å². The van der Waals surface area contributed by atoms with E-state index >= 15 is 0 Å². The first kappa shape index (κ1) is 11.0. The number of pyridine rings is 1. The Hall–Kier alpha value is -1.46. The van der Waals surface area contributed by atoms with Crippen molar-refractivity contribution in [2.24, 2.45) is 0 Å². The van der Waals surface area contributed by atoms with Crippen LogP contribution in [0.15, 0.2) is 34.7 Å². The van der Waals surface area contributed by atoms with Crippen LogP contribution in [0.5, 0.6) is 0 Å². The zero-order chi connectivity index (χ0) is 11.4. The van der Waals surface area contributed by atoms with Crippen molar-refractivity contribution >= 4 is 11.3 Å². The van der Waals surface area contributed by atoms with Gasteiger partial charge in [0.25, 0.3) is 0 Å². The monoisotopic (exact) mass is 235 g/mol. The van der Waals surface area contributed by atoms with Crippen LogP contribution in [0.1, 0.15) is 24.2 Å². The van der Waals surface area contributed by atoms with E-state index in [0.29, 0.717) is 6.54 Å². The van der Waals surface area contributed by atoms with Crippen LogP contribution in [0.2, 0.25) is 0 Å². The average Bonchev–Trinajstić information content (AvgIpc) is 2.73. The molecule has 0 aromatic carbocycles. The van der Waals surface area contributed by atoms with E-state index in [4.69, 9.17) is 0 Å². The number of nitrogens with zero attached hydrogens (tertiary/aromatic N) is 1. The van der Waals surface area contributed by atoms with Crippen LogP contribution in [0.3, 0.4) is 0 Å². The van der Waals surface area contributed by atoms with E-state index in [1.54, 1.807) is 6.20 Å². The molecular weight excluding hydrogens is 222 g/mol. The molecule has 0 aliphatic carbocycles. The van der Waals surface area contributed by atoms with Crippen molar-refractivity contribution in [2.75, 3.05) is 0 Å². The number of aromatic nitrogens is 2. The Morgan fingerprint density at radius 1 is 1.62 bits per heavy atom. The predicted molar refractivity (Wildman–Crippen MR) is 64.4 cm³/mol. The van der Waals surface area contributed by atoms with E-state index in [0.717, 1.165) is 11.3 Å². The summed E-state index contributed by atoms with van der Waals surface area (Å²) in [6, 6.07) is 4.16. The van der Waals surface area contributed by atoms with Gasteiger partial charge < -0.3 is 10.3 Å². The minimum atomic E-state index is -0.00849. The fourth-order valence-electron chi connectivity index (χ4n) is 1.41. The summed E-state index contributed by atoms with van der Waals surface area (Å²) in [5.41, 5.74) is 2.06. The first-order chi connectivity index (χ1) is 7.75. The maximum atomic E-state index is 10.9. The molecule has 0 spiro atoms. The molecule has 4 nitrogen and oxygen atoms in total. The van der Waals surface area contributed by atoms with Crippen molar-refractivity contribution in [3.8, 4) is 0 Å². The fraction of sp³-hybridized carbons (Fsp3) is 0.273. The molecular formula is C11H13N3OS. The van der Waals surface area contributed by atoms with E-state index in [1.807, 2.05) is 23.7 Å². The van der Waals surface area contributed by atoms with Gasteiger partial charge in [0.15, 0.2) is 0 Å². The molecule has 0 radical (unpaired) electrons. The summed E-state index contributed by atoms with van der Waals surface area (Å²) in [6.07, 6.45) is 3.60. The maximum absolute atomic E-state index is 10.9. The summed E-state index contributed by atoms with van der Waals surface area (Å²) >= 11 is 1.19. The quantitative estimate of drug-likeness (QED) is 0.847. The highest BCUT2D eigenvalue weighted by Crippen LogP contribution is 2.10. The number of hydrogen-bond donors (Lipinski definition) is 2. The lowest BCUT2D eigenvalue weighted by atomic mass is 10.1. The molecule has 2 heterocycles. The fourth-order valence-corrected chi connectivity index (χ4v) is 2.00. The number of thiazole rings is 1. The topological polar surface area (TPSA) is 57.8 Å². The predicted octanol–water partition coefficient (Wildman–Crippen LogP) is 1.68. The SMILES string of the molecule is CC(NCc1csc(=O)[nH]1)c1cccnc1.